The van der Waals surface area contributed by atoms with Gasteiger partial charge >= 0.3 is 0 Å². The molecular formula is C16H21N3S. The third-order valence-electron chi connectivity index (χ3n) is 3.93. The average Bonchev–Trinajstić information content (AvgIpc) is 3.06. The maximum Gasteiger partial charge on any atom is 0.123 e. The number of hydrogen-bond acceptors (Lipinski definition) is 4. The second-order valence-corrected chi connectivity index (χ2v) is 6.23. The Morgan fingerprint density at radius 1 is 1.45 bits per heavy atom. The first kappa shape index (κ1) is 13.6. The van der Waals surface area contributed by atoms with Gasteiger partial charge in [-0.15, -0.1) is 11.3 Å². The standard InChI is InChI=1S/C16H21N3S/c1-4-17-11(2)14-10-20-16(18-14)13-5-6-15-12(9-13)7-8-19(15)3/h5-6,9-11,17H,4,7-8H2,1-3H3. The molecule has 3 rings (SSSR count). The zero-order valence-electron chi connectivity index (χ0n) is 12.3. The minimum absolute atomic E-state index is 0.325. The van der Waals surface area contributed by atoms with Gasteiger partial charge in [-0.2, -0.15) is 0 Å². The van der Waals surface area contributed by atoms with Crippen molar-refractivity contribution in [2.45, 2.75) is 26.3 Å². The van der Waals surface area contributed by atoms with Crippen molar-refractivity contribution in [3.05, 3.63) is 34.8 Å². The van der Waals surface area contributed by atoms with Gasteiger partial charge in [0, 0.05) is 36.3 Å². The van der Waals surface area contributed by atoms with Gasteiger partial charge in [-0.25, -0.2) is 4.98 Å². The normalized spacial score (nSPS) is 15.4. The SMILES string of the molecule is CCNC(C)c1csc(-c2ccc3c(c2)CCN3C)n1. The smallest absolute Gasteiger partial charge is 0.123 e. The third kappa shape index (κ3) is 2.45. The van der Waals surface area contributed by atoms with E-state index < -0.39 is 0 Å². The summed E-state index contributed by atoms with van der Waals surface area (Å²) in [6.07, 6.45) is 1.14. The molecule has 0 fully saturated rings. The van der Waals surface area contributed by atoms with Gasteiger partial charge in [-0.3, -0.25) is 0 Å². The molecule has 3 nitrogen and oxygen atoms in total. The number of thiazole rings is 1. The van der Waals surface area contributed by atoms with E-state index >= 15 is 0 Å². The zero-order valence-corrected chi connectivity index (χ0v) is 13.1. The molecule has 0 amide bonds. The second-order valence-electron chi connectivity index (χ2n) is 5.37. The molecule has 0 saturated carbocycles. The molecule has 1 unspecified atom stereocenters. The van der Waals surface area contributed by atoms with Gasteiger partial charge in [0.25, 0.3) is 0 Å². The Bertz CT molecular complexity index is 606. The van der Waals surface area contributed by atoms with E-state index in [2.05, 4.69) is 54.7 Å². The highest BCUT2D eigenvalue weighted by Crippen LogP contribution is 2.33. The fourth-order valence-electron chi connectivity index (χ4n) is 2.73. The predicted molar refractivity (Wildman–Crippen MR) is 86.6 cm³/mol. The number of hydrogen-bond donors (Lipinski definition) is 1. The molecule has 0 spiro atoms. The van der Waals surface area contributed by atoms with E-state index in [0.717, 1.165) is 30.2 Å². The van der Waals surface area contributed by atoms with Gasteiger partial charge in [-0.05, 0) is 43.7 Å². The van der Waals surface area contributed by atoms with E-state index in [9.17, 15) is 0 Å². The molecule has 4 heteroatoms. The quantitative estimate of drug-likeness (QED) is 0.933. The largest absolute Gasteiger partial charge is 0.374 e. The van der Waals surface area contributed by atoms with Crippen molar-refractivity contribution in [2.75, 3.05) is 25.0 Å². The molecule has 0 radical (unpaired) electrons. The number of benzene rings is 1. The van der Waals surface area contributed by atoms with Crippen LogP contribution in [-0.4, -0.2) is 25.1 Å². The van der Waals surface area contributed by atoms with Crippen molar-refractivity contribution in [3.63, 3.8) is 0 Å². The number of likely N-dealkylation sites (N-methyl/N-ethyl adjacent to an activating group) is 1. The Morgan fingerprint density at radius 3 is 3.10 bits per heavy atom. The summed E-state index contributed by atoms with van der Waals surface area (Å²) >= 11 is 1.74. The molecule has 106 valence electrons. The van der Waals surface area contributed by atoms with Crippen LogP contribution in [0.2, 0.25) is 0 Å². The third-order valence-corrected chi connectivity index (χ3v) is 4.84. The highest BCUT2D eigenvalue weighted by atomic mass is 32.1. The van der Waals surface area contributed by atoms with Crippen LogP contribution in [-0.2, 0) is 6.42 Å². The number of aromatic nitrogens is 1. The van der Waals surface area contributed by atoms with Crippen LogP contribution in [0.25, 0.3) is 10.6 Å². The van der Waals surface area contributed by atoms with Gasteiger partial charge in [0.15, 0.2) is 0 Å². The maximum atomic E-state index is 4.79. The summed E-state index contributed by atoms with van der Waals surface area (Å²) in [7, 11) is 2.16. The Balaban J connectivity index is 1.87. The monoisotopic (exact) mass is 287 g/mol. The first-order valence-corrected chi connectivity index (χ1v) is 8.10. The van der Waals surface area contributed by atoms with Crippen LogP contribution >= 0.6 is 11.3 Å². The number of nitrogens with zero attached hydrogens (tertiary/aromatic N) is 2. The number of fused-ring (bicyclic) bond motifs is 1. The molecule has 1 aliphatic heterocycles. The summed E-state index contributed by atoms with van der Waals surface area (Å²) in [6, 6.07) is 7.05. The van der Waals surface area contributed by atoms with Crippen LogP contribution in [0.3, 0.4) is 0 Å². The molecule has 2 aromatic rings. The minimum Gasteiger partial charge on any atom is -0.374 e. The zero-order chi connectivity index (χ0) is 14.1. The number of rotatable bonds is 4. The van der Waals surface area contributed by atoms with Gasteiger partial charge < -0.3 is 10.2 Å². The number of anilines is 1. The molecule has 1 aromatic carbocycles. The van der Waals surface area contributed by atoms with Crippen molar-refractivity contribution in [1.82, 2.24) is 10.3 Å². The molecule has 1 N–H and O–H groups in total. The van der Waals surface area contributed by atoms with Gasteiger partial charge in [0.2, 0.25) is 0 Å². The molecule has 0 saturated heterocycles. The van der Waals surface area contributed by atoms with Crippen molar-refractivity contribution in [3.8, 4) is 10.6 Å². The van der Waals surface area contributed by atoms with Crippen molar-refractivity contribution < 1.29 is 0 Å². The molecule has 20 heavy (non-hydrogen) atoms. The molecule has 1 aliphatic rings. The lowest BCUT2D eigenvalue weighted by molar-refractivity contribution is 0.587. The summed E-state index contributed by atoms with van der Waals surface area (Å²) in [4.78, 5) is 7.11. The lowest BCUT2D eigenvalue weighted by Gasteiger charge is -2.11. The highest BCUT2D eigenvalue weighted by molar-refractivity contribution is 7.13. The van der Waals surface area contributed by atoms with Crippen LogP contribution in [0, 0.1) is 0 Å². The van der Waals surface area contributed by atoms with E-state index in [1.54, 1.807) is 11.3 Å². The van der Waals surface area contributed by atoms with E-state index in [0.29, 0.717) is 6.04 Å². The van der Waals surface area contributed by atoms with Gasteiger partial charge in [0.05, 0.1) is 5.69 Å². The van der Waals surface area contributed by atoms with Crippen LogP contribution < -0.4 is 10.2 Å². The van der Waals surface area contributed by atoms with Gasteiger partial charge in [0.1, 0.15) is 5.01 Å². The summed E-state index contributed by atoms with van der Waals surface area (Å²) < 4.78 is 0. The lowest BCUT2D eigenvalue weighted by Crippen LogP contribution is -2.17. The topological polar surface area (TPSA) is 28.2 Å². The van der Waals surface area contributed by atoms with Crippen LogP contribution in [0.15, 0.2) is 23.6 Å². The van der Waals surface area contributed by atoms with E-state index in [1.807, 2.05) is 0 Å². The summed E-state index contributed by atoms with van der Waals surface area (Å²) in [5.41, 5.74) is 5.21. The first-order valence-electron chi connectivity index (χ1n) is 7.22. The summed E-state index contributed by atoms with van der Waals surface area (Å²) in [5, 5.41) is 6.71. The molecule has 0 bridgehead atoms. The van der Waals surface area contributed by atoms with Gasteiger partial charge in [-0.1, -0.05) is 6.92 Å². The maximum absolute atomic E-state index is 4.79. The fraction of sp³-hybridized carbons (Fsp3) is 0.438. The van der Waals surface area contributed by atoms with Crippen LogP contribution in [0.5, 0.6) is 0 Å². The summed E-state index contributed by atoms with van der Waals surface area (Å²) in [5.74, 6) is 0. The highest BCUT2D eigenvalue weighted by Gasteiger charge is 2.17. The molecule has 2 heterocycles. The Kier molecular flexibility index (Phi) is 3.76. The molecule has 1 atom stereocenters. The van der Waals surface area contributed by atoms with Crippen LogP contribution in [0.1, 0.15) is 31.1 Å². The fourth-order valence-corrected chi connectivity index (χ4v) is 3.64. The molecule has 0 aliphatic carbocycles. The van der Waals surface area contributed by atoms with Crippen molar-refractivity contribution in [1.29, 1.82) is 0 Å². The summed E-state index contributed by atoms with van der Waals surface area (Å²) in [6.45, 7) is 6.39. The molecular weight excluding hydrogens is 266 g/mol. The molecule has 1 aromatic heterocycles. The predicted octanol–water partition coefficient (Wildman–Crippen LogP) is 3.47. The van der Waals surface area contributed by atoms with Crippen molar-refractivity contribution in [2.24, 2.45) is 0 Å². The van der Waals surface area contributed by atoms with Crippen LogP contribution in [0.4, 0.5) is 5.69 Å². The Labute approximate surface area is 124 Å². The van der Waals surface area contributed by atoms with Crippen molar-refractivity contribution >= 4 is 17.0 Å². The second kappa shape index (κ2) is 5.54. The number of nitrogens with one attached hydrogen (secondary N) is 1. The average molecular weight is 287 g/mol. The van der Waals surface area contributed by atoms with E-state index in [1.165, 1.54) is 16.8 Å². The Morgan fingerprint density at radius 2 is 2.30 bits per heavy atom. The van der Waals surface area contributed by atoms with E-state index in [4.69, 9.17) is 4.98 Å². The lowest BCUT2D eigenvalue weighted by atomic mass is 10.1. The van der Waals surface area contributed by atoms with E-state index in [-0.39, 0.29) is 0 Å². The first-order chi connectivity index (χ1) is 9.69. The minimum atomic E-state index is 0.325. The Hall–Kier alpha value is -1.39.